The van der Waals surface area contributed by atoms with Crippen LogP contribution < -0.4 is 17.0 Å². The molecular formula is C18H25BrN4O4. The van der Waals surface area contributed by atoms with Gasteiger partial charge in [0.15, 0.2) is 6.04 Å². The molecule has 3 aliphatic heterocycles. The summed E-state index contributed by atoms with van der Waals surface area (Å²) in [7, 11) is 1.47. The number of non-ortho nitro benzene ring substituents is 1. The molecular weight excluding hydrogens is 416 g/mol. The van der Waals surface area contributed by atoms with Crippen LogP contribution in [0.2, 0.25) is 0 Å². The van der Waals surface area contributed by atoms with Crippen LogP contribution in [0.25, 0.3) is 0 Å². The highest BCUT2D eigenvalue weighted by molar-refractivity contribution is 5.74. The fourth-order valence-electron chi connectivity index (χ4n) is 5.08. The van der Waals surface area contributed by atoms with E-state index in [9.17, 15) is 14.9 Å². The van der Waals surface area contributed by atoms with Crippen molar-refractivity contribution in [3.63, 3.8) is 0 Å². The molecule has 1 unspecified atom stereocenters. The lowest BCUT2D eigenvalue weighted by molar-refractivity contribution is -0.951. The van der Waals surface area contributed by atoms with Crippen LogP contribution in [-0.2, 0) is 16.0 Å². The molecule has 0 radical (unpaired) electrons. The quantitative estimate of drug-likeness (QED) is 0.216. The summed E-state index contributed by atoms with van der Waals surface area (Å²) in [6, 6.07) is 6.44. The Labute approximate surface area is 169 Å². The van der Waals surface area contributed by atoms with Crippen LogP contribution in [0.15, 0.2) is 24.3 Å². The summed E-state index contributed by atoms with van der Waals surface area (Å²) >= 11 is 0. The Morgan fingerprint density at radius 2 is 1.81 bits per heavy atom. The SMILES string of the molecule is COC(=O)C(CCc1ccc([N+](=O)[O-])cc1)[N+]12CCN3CCN(CC1)C32.[Br-]. The molecule has 0 spiro atoms. The Bertz CT molecular complexity index is 698. The highest BCUT2D eigenvalue weighted by Gasteiger charge is 2.62. The molecule has 148 valence electrons. The maximum Gasteiger partial charge on any atom is 0.364 e. The van der Waals surface area contributed by atoms with Gasteiger partial charge in [-0.2, -0.15) is 0 Å². The minimum absolute atomic E-state index is 0. The largest absolute Gasteiger partial charge is 1.00 e. The molecule has 0 saturated carbocycles. The molecule has 1 aromatic carbocycles. The van der Waals surface area contributed by atoms with Crippen LogP contribution in [0.3, 0.4) is 0 Å². The van der Waals surface area contributed by atoms with E-state index in [1.165, 1.54) is 19.2 Å². The number of halogens is 1. The number of nitrogens with zero attached hydrogens (tertiary/aromatic N) is 4. The molecule has 0 N–H and O–H groups in total. The fraction of sp³-hybridized carbons (Fsp3) is 0.611. The van der Waals surface area contributed by atoms with Gasteiger partial charge >= 0.3 is 5.97 Å². The molecule has 27 heavy (non-hydrogen) atoms. The lowest BCUT2D eigenvalue weighted by atomic mass is 10.0. The number of methoxy groups -OCH3 is 1. The minimum atomic E-state index is -0.392. The van der Waals surface area contributed by atoms with Crippen molar-refractivity contribution in [3.8, 4) is 0 Å². The Morgan fingerprint density at radius 1 is 1.22 bits per heavy atom. The molecule has 0 aromatic heterocycles. The molecule has 0 bridgehead atoms. The molecule has 4 rings (SSSR count). The highest BCUT2D eigenvalue weighted by atomic mass is 79.9. The van der Waals surface area contributed by atoms with Gasteiger partial charge in [-0.05, 0) is 12.0 Å². The molecule has 8 nitrogen and oxygen atoms in total. The first kappa shape index (κ1) is 20.2. The molecule has 1 aromatic rings. The second-order valence-corrected chi connectivity index (χ2v) is 7.47. The van der Waals surface area contributed by atoms with Gasteiger partial charge in [0.05, 0.1) is 38.2 Å². The lowest BCUT2D eigenvalue weighted by Crippen LogP contribution is -3.00. The number of carbonyl (C=O) groups excluding carboxylic acids is 1. The van der Waals surface area contributed by atoms with Gasteiger partial charge in [-0.3, -0.25) is 14.6 Å². The van der Waals surface area contributed by atoms with E-state index >= 15 is 0 Å². The van der Waals surface area contributed by atoms with E-state index in [0.29, 0.717) is 19.1 Å². The molecule has 0 aliphatic carbocycles. The summed E-state index contributed by atoms with van der Waals surface area (Å²) in [5.41, 5.74) is 1.11. The maximum atomic E-state index is 12.7. The summed E-state index contributed by atoms with van der Waals surface area (Å²) in [5.74, 6) is -0.137. The monoisotopic (exact) mass is 440 g/mol. The highest BCUT2D eigenvalue weighted by Crippen LogP contribution is 2.39. The minimum Gasteiger partial charge on any atom is -1.00 e. The third kappa shape index (κ3) is 3.37. The van der Waals surface area contributed by atoms with Crippen LogP contribution in [0.1, 0.15) is 12.0 Å². The van der Waals surface area contributed by atoms with Gasteiger partial charge in [0.2, 0.25) is 6.29 Å². The normalized spacial score (nSPS) is 27.8. The summed E-state index contributed by atoms with van der Waals surface area (Å²) in [6.07, 6.45) is 1.73. The van der Waals surface area contributed by atoms with Crippen molar-refractivity contribution in [2.75, 3.05) is 46.4 Å². The van der Waals surface area contributed by atoms with Crippen LogP contribution >= 0.6 is 0 Å². The van der Waals surface area contributed by atoms with Gasteiger partial charge in [0, 0.05) is 31.6 Å². The van der Waals surface area contributed by atoms with Crippen molar-refractivity contribution in [1.82, 2.24) is 9.80 Å². The standard InChI is InChI=1S/C18H25N4O4.BrH/c1-26-17(23)16(7-4-14-2-5-15(6-3-14)21(24)25)22-12-10-19-8-9-20(11-13-22)18(19)22;/h2-3,5-6,16,18H,4,7-13H2,1H3;1H/q+1;/p-1. The fourth-order valence-corrected chi connectivity index (χ4v) is 5.08. The van der Waals surface area contributed by atoms with E-state index in [1.807, 2.05) is 0 Å². The summed E-state index contributed by atoms with van der Waals surface area (Å²) in [5, 5.41) is 10.8. The number of rotatable bonds is 6. The van der Waals surface area contributed by atoms with Crippen LogP contribution in [0.5, 0.6) is 0 Å². The third-order valence-corrected chi connectivity index (χ3v) is 6.34. The van der Waals surface area contributed by atoms with Gasteiger partial charge in [-0.1, -0.05) is 12.1 Å². The third-order valence-electron chi connectivity index (χ3n) is 6.34. The topological polar surface area (TPSA) is 75.9 Å². The van der Waals surface area contributed by atoms with Crippen molar-refractivity contribution in [1.29, 1.82) is 0 Å². The Kier molecular flexibility index (Phi) is 5.85. The van der Waals surface area contributed by atoms with Crippen LogP contribution in [-0.4, -0.2) is 83.9 Å². The average Bonchev–Trinajstić information content (AvgIpc) is 3.32. The number of hydrogen-bond donors (Lipinski definition) is 0. The number of ether oxygens (including phenoxy) is 1. The molecule has 3 fully saturated rings. The van der Waals surface area contributed by atoms with Crippen LogP contribution in [0, 0.1) is 10.1 Å². The average molecular weight is 441 g/mol. The predicted molar refractivity (Wildman–Crippen MR) is 94.1 cm³/mol. The second kappa shape index (κ2) is 7.83. The van der Waals surface area contributed by atoms with E-state index in [2.05, 4.69) is 9.80 Å². The van der Waals surface area contributed by atoms with E-state index in [0.717, 1.165) is 49.3 Å². The molecule has 0 amide bonds. The van der Waals surface area contributed by atoms with Crippen molar-refractivity contribution >= 4 is 11.7 Å². The molecule has 3 saturated heterocycles. The number of benzene rings is 1. The summed E-state index contributed by atoms with van der Waals surface area (Å²) in [6.45, 7) is 6.21. The number of carbonyl (C=O) groups is 1. The maximum absolute atomic E-state index is 12.7. The first-order valence-electron chi connectivity index (χ1n) is 9.21. The van der Waals surface area contributed by atoms with Gasteiger partial charge in [0.25, 0.3) is 5.69 Å². The first-order valence-corrected chi connectivity index (χ1v) is 9.21. The van der Waals surface area contributed by atoms with E-state index in [4.69, 9.17) is 4.74 Å². The zero-order valence-electron chi connectivity index (χ0n) is 15.4. The Morgan fingerprint density at radius 3 is 2.33 bits per heavy atom. The van der Waals surface area contributed by atoms with Crippen molar-refractivity contribution < 1.29 is 35.9 Å². The van der Waals surface area contributed by atoms with Crippen molar-refractivity contribution in [2.24, 2.45) is 0 Å². The summed E-state index contributed by atoms with van der Waals surface area (Å²) < 4.78 is 5.97. The molecule has 9 heteroatoms. The summed E-state index contributed by atoms with van der Waals surface area (Å²) in [4.78, 5) is 28.1. The number of nitro groups is 1. The number of nitro benzene ring substituents is 1. The van der Waals surface area contributed by atoms with E-state index < -0.39 is 4.92 Å². The van der Waals surface area contributed by atoms with Gasteiger partial charge in [-0.15, -0.1) is 0 Å². The smallest absolute Gasteiger partial charge is 0.364 e. The molecule has 3 aliphatic rings. The van der Waals surface area contributed by atoms with Crippen LogP contribution in [0.4, 0.5) is 5.69 Å². The lowest BCUT2D eigenvalue weighted by Gasteiger charge is -2.40. The van der Waals surface area contributed by atoms with Gasteiger partial charge in [0.1, 0.15) is 0 Å². The molecule has 1 atom stereocenters. The Balaban J connectivity index is 0.00000210. The zero-order valence-corrected chi connectivity index (χ0v) is 17.0. The van der Waals surface area contributed by atoms with E-state index in [1.54, 1.807) is 12.1 Å². The van der Waals surface area contributed by atoms with Gasteiger partial charge in [-0.25, -0.2) is 14.6 Å². The number of esters is 1. The molecule has 3 heterocycles. The number of aryl methyl sites for hydroxylation is 1. The number of hydrogen-bond acceptors (Lipinski definition) is 6. The van der Waals surface area contributed by atoms with E-state index in [-0.39, 0.29) is 34.7 Å². The van der Waals surface area contributed by atoms with Crippen molar-refractivity contribution in [2.45, 2.75) is 25.2 Å². The number of quaternary nitrogens is 1. The second-order valence-electron chi connectivity index (χ2n) is 7.47. The predicted octanol–water partition coefficient (Wildman–Crippen LogP) is -2.18. The zero-order chi connectivity index (χ0) is 18.3. The van der Waals surface area contributed by atoms with Gasteiger partial charge < -0.3 is 21.7 Å². The Hall–Kier alpha value is -1.55. The van der Waals surface area contributed by atoms with Crippen molar-refractivity contribution in [3.05, 3.63) is 39.9 Å². The first-order chi connectivity index (χ1) is 12.5.